The molecule has 0 amide bonds. The molecule has 1 aromatic carbocycles. The van der Waals surface area contributed by atoms with Gasteiger partial charge in [0, 0.05) is 0 Å². The number of aryl methyl sites for hydroxylation is 1. The van der Waals surface area contributed by atoms with Crippen LogP contribution < -0.4 is 4.13 Å². The molecule has 0 saturated heterocycles. The molecule has 0 aromatic heterocycles. The molecule has 0 heterocycles. The average Bonchev–Trinajstić information content (AvgIpc) is 2.02. The Bertz CT molecular complexity index is 437. The van der Waals surface area contributed by atoms with Gasteiger partial charge in [0.2, 0.25) is 11.3 Å². The van der Waals surface area contributed by atoms with Crippen molar-refractivity contribution >= 4 is 21.3 Å². The van der Waals surface area contributed by atoms with Gasteiger partial charge in [0.05, 0.1) is 4.90 Å². The molecule has 0 aliphatic carbocycles. The predicted octanol–water partition coefficient (Wildman–Crippen LogP) is 0.410. The van der Waals surface area contributed by atoms with E-state index in [-0.39, 0.29) is 4.90 Å². The van der Waals surface area contributed by atoms with Gasteiger partial charge in [-0.1, -0.05) is 17.7 Å². The molecular weight excluding hydrogens is 226 g/mol. The highest BCUT2D eigenvalue weighted by molar-refractivity contribution is 8.00. The van der Waals surface area contributed by atoms with Crippen LogP contribution in [0.3, 0.4) is 0 Å². The zero-order chi connectivity index (χ0) is 10.8. The van der Waals surface area contributed by atoms with E-state index < -0.39 is 21.3 Å². The zero-order valence-corrected chi connectivity index (χ0v) is 8.93. The number of rotatable bonds is 3. The Labute approximate surface area is 84.6 Å². The molecule has 0 spiro atoms. The van der Waals surface area contributed by atoms with Gasteiger partial charge in [-0.05, 0) is 19.1 Å². The van der Waals surface area contributed by atoms with Crippen LogP contribution in [0.15, 0.2) is 29.2 Å². The highest BCUT2D eigenvalue weighted by Crippen LogP contribution is 2.09. The van der Waals surface area contributed by atoms with E-state index in [4.69, 9.17) is 4.55 Å². The Morgan fingerprint density at radius 1 is 1.29 bits per heavy atom. The molecule has 7 heteroatoms. The van der Waals surface area contributed by atoms with Crippen LogP contribution in [0.25, 0.3) is 0 Å². The van der Waals surface area contributed by atoms with Gasteiger partial charge in [-0.2, -0.15) is 0 Å². The lowest BCUT2D eigenvalue weighted by Gasteiger charge is -2.02. The van der Waals surface area contributed by atoms with Crippen LogP contribution in [-0.2, 0) is 21.3 Å². The normalized spacial score (nSPS) is 13.9. The number of hydrogen-bond donors (Lipinski definition) is 2. The molecule has 1 aromatic rings. The summed E-state index contributed by atoms with van der Waals surface area (Å²) in [7, 11) is -3.88. The van der Waals surface area contributed by atoms with E-state index in [1.807, 2.05) is 6.92 Å². The molecule has 0 aliphatic heterocycles. The highest BCUT2D eigenvalue weighted by Gasteiger charge is 2.15. The number of sulfonamides is 1. The quantitative estimate of drug-likeness (QED) is 0.743. The summed E-state index contributed by atoms with van der Waals surface area (Å²) in [6, 6.07) is 5.94. The van der Waals surface area contributed by atoms with Crippen molar-refractivity contribution in [2.45, 2.75) is 11.8 Å². The van der Waals surface area contributed by atoms with Crippen LogP contribution in [0.2, 0.25) is 0 Å². The molecule has 0 radical (unpaired) electrons. The highest BCUT2D eigenvalue weighted by atomic mass is 32.3. The van der Waals surface area contributed by atoms with Crippen molar-refractivity contribution in [3.63, 3.8) is 0 Å². The van der Waals surface area contributed by atoms with Gasteiger partial charge in [-0.15, -0.1) is 4.13 Å². The minimum absolute atomic E-state index is 0.0366. The van der Waals surface area contributed by atoms with Gasteiger partial charge in [-0.3, -0.25) is 4.55 Å². The summed E-state index contributed by atoms with van der Waals surface area (Å²) in [5, 5.41) is 0. The fourth-order valence-electron chi connectivity index (χ4n) is 0.859. The second-order valence-electron chi connectivity index (χ2n) is 2.65. The molecule has 0 bridgehead atoms. The van der Waals surface area contributed by atoms with Crippen molar-refractivity contribution in [3.05, 3.63) is 29.8 Å². The minimum atomic E-state index is -3.88. The maximum absolute atomic E-state index is 11.3. The van der Waals surface area contributed by atoms with Crippen LogP contribution >= 0.6 is 0 Å². The summed E-state index contributed by atoms with van der Waals surface area (Å²) >= 11 is -2.58. The summed E-state index contributed by atoms with van der Waals surface area (Å²) in [6.45, 7) is 1.81. The fourth-order valence-corrected chi connectivity index (χ4v) is 2.49. The molecule has 78 valence electrons. The molecule has 0 saturated carbocycles. The SMILES string of the molecule is Cc1ccc(S(=O)(=O)NS(=O)O)cc1. The van der Waals surface area contributed by atoms with Crippen LogP contribution in [0, 0.1) is 6.92 Å². The second-order valence-corrected chi connectivity index (χ2v) is 5.29. The third-order valence-electron chi connectivity index (χ3n) is 1.51. The van der Waals surface area contributed by atoms with Gasteiger partial charge in [0.25, 0.3) is 10.0 Å². The van der Waals surface area contributed by atoms with Crippen molar-refractivity contribution < 1.29 is 17.2 Å². The first-order valence-electron chi connectivity index (χ1n) is 3.62. The Balaban J connectivity index is 3.05. The van der Waals surface area contributed by atoms with Gasteiger partial charge in [-0.25, -0.2) is 12.6 Å². The lowest BCUT2D eigenvalue weighted by molar-refractivity contribution is 0.553. The van der Waals surface area contributed by atoms with E-state index in [0.717, 1.165) is 5.56 Å². The smallest absolute Gasteiger partial charge is 0.253 e. The lowest BCUT2D eigenvalue weighted by atomic mass is 10.2. The summed E-state index contributed by atoms with van der Waals surface area (Å²) in [4.78, 5) is -0.0366. The molecule has 1 rings (SSSR count). The van der Waals surface area contributed by atoms with Crippen LogP contribution in [0.4, 0.5) is 0 Å². The molecule has 5 nitrogen and oxygen atoms in total. The third-order valence-corrected chi connectivity index (χ3v) is 3.85. The van der Waals surface area contributed by atoms with E-state index in [1.165, 1.54) is 12.1 Å². The third kappa shape index (κ3) is 2.88. The summed E-state index contributed by atoms with van der Waals surface area (Å²) in [6.07, 6.45) is 0. The van der Waals surface area contributed by atoms with E-state index in [9.17, 15) is 12.6 Å². The minimum Gasteiger partial charge on any atom is -0.293 e. The van der Waals surface area contributed by atoms with Crippen molar-refractivity contribution in [1.82, 2.24) is 4.13 Å². The Morgan fingerprint density at radius 3 is 2.21 bits per heavy atom. The average molecular weight is 235 g/mol. The fraction of sp³-hybridized carbons (Fsp3) is 0.143. The topological polar surface area (TPSA) is 83.5 Å². The molecule has 14 heavy (non-hydrogen) atoms. The van der Waals surface area contributed by atoms with Crippen LogP contribution in [0.1, 0.15) is 5.56 Å². The maximum Gasteiger partial charge on any atom is 0.253 e. The first kappa shape index (κ1) is 11.3. The molecule has 0 fully saturated rings. The zero-order valence-electron chi connectivity index (χ0n) is 7.30. The molecule has 2 N–H and O–H groups in total. The predicted molar refractivity (Wildman–Crippen MR) is 52.3 cm³/mol. The summed E-state index contributed by atoms with van der Waals surface area (Å²) < 4.78 is 42.8. The van der Waals surface area contributed by atoms with Crippen molar-refractivity contribution in [2.24, 2.45) is 0 Å². The molecule has 0 aliphatic rings. The van der Waals surface area contributed by atoms with E-state index >= 15 is 0 Å². The second kappa shape index (κ2) is 4.18. The largest absolute Gasteiger partial charge is 0.293 e. The van der Waals surface area contributed by atoms with E-state index in [1.54, 1.807) is 16.3 Å². The van der Waals surface area contributed by atoms with Gasteiger partial charge < -0.3 is 0 Å². The number of nitrogens with one attached hydrogen (secondary N) is 1. The van der Waals surface area contributed by atoms with Crippen LogP contribution in [-0.4, -0.2) is 17.2 Å². The standard InChI is InChI=1S/C7H9NO4S2/c1-6-2-4-7(5-3-6)14(11,12)8-13(9)10/h2-5,8H,1H3,(H,9,10). The van der Waals surface area contributed by atoms with Crippen molar-refractivity contribution in [3.8, 4) is 0 Å². The van der Waals surface area contributed by atoms with Crippen molar-refractivity contribution in [1.29, 1.82) is 0 Å². The monoisotopic (exact) mass is 235 g/mol. The molecular formula is C7H9NO4S2. The van der Waals surface area contributed by atoms with Crippen LogP contribution in [0.5, 0.6) is 0 Å². The van der Waals surface area contributed by atoms with E-state index in [0.29, 0.717) is 0 Å². The van der Waals surface area contributed by atoms with Gasteiger partial charge in [0.15, 0.2) is 0 Å². The lowest BCUT2D eigenvalue weighted by Crippen LogP contribution is -2.25. The Hall–Kier alpha value is -0.760. The number of benzene rings is 1. The van der Waals surface area contributed by atoms with Crippen molar-refractivity contribution in [2.75, 3.05) is 0 Å². The van der Waals surface area contributed by atoms with E-state index in [2.05, 4.69) is 0 Å². The molecule has 1 atom stereocenters. The van der Waals surface area contributed by atoms with Gasteiger partial charge >= 0.3 is 0 Å². The first-order chi connectivity index (χ1) is 6.42. The first-order valence-corrected chi connectivity index (χ1v) is 6.21. The maximum atomic E-state index is 11.3. The van der Waals surface area contributed by atoms with Gasteiger partial charge in [0.1, 0.15) is 0 Å². The Kier molecular flexibility index (Phi) is 3.38. The Morgan fingerprint density at radius 2 is 1.79 bits per heavy atom. The summed E-state index contributed by atoms with van der Waals surface area (Å²) in [5.41, 5.74) is 0.911. The summed E-state index contributed by atoms with van der Waals surface area (Å²) in [5.74, 6) is 0. The number of hydrogen-bond acceptors (Lipinski definition) is 3. The molecule has 1 unspecified atom stereocenters.